The van der Waals surface area contributed by atoms with Crippen LogP contribution in [0.2, 0.25) is 0 Å². The highest BCUT2D eigenvalue weighted by Crippen LogP contribution is 2.24. The van der Waals surface area contributed by atoms with Crippen LogP contribution in [0, 0.1) is 0 Å². The molecule has 1 saturated carbocycles. The van der Waals surface area contributed by atoms with Gasteiger partial charge in [-0.05, 0) is 24.3 Å². The second kappa shape index (κ2) is 6.17. The van der Waals surface area contributed by atoms with Crippen LogP contribution in [0.5, 0.6) is 0 Å². The van der Waals surface area contributed by atoms with E-state index in [4.69, 9.17) is 5.73 Å². The van der Waals surface area contributed by atoms with Gasteiger partial charge in [0.05, 0.1) is 6.42 Å². The standard InChI is InChI=1S/C13H20N2OS/c14-7-8-15(11-4-1-2-5-11)13(16)10-12-6-3-9-17-12/h3,6,9,11H,1-2,4-5,7-8,10,14H2. The highest BCUT2D eigenvalue weighted by atomic mass is 32.1. The largest absolute Gasteiger partial charge is 0.338 e. The molecule has 3 nitrogen and oxygen atoms in total. The van der Waals surface area contributed by atoms with E-state index in [1.807, 2.05) is 22.4 Å². The zero-order valence-corrected chi connectivity index (χ0v) is 10.9. The molecule has 1 aromatic heterocycles. The maximum absolute atomic E-state index is 12.3. The van der Waals surface area contributed by atoms with Crippen LogP contribution < -0.4 is 5.73 Å². The number of amides is 1. The Kier molecular flexibility index (Phi) is 4.57. The first-order valence-electron chi connectivity index (χ1n) is 6.33. The zero-order chi connectivity index (χ0) is 12.1. The predicted molar refractivity (Wildman–Crippen MR) is 71.0 cm³/mol. The van der Waals surface area contributed by atoms with Crippen molar-refractivity contribution in [3.63, 3.8) is 0 Å². The summed E-state index contributed by atoms with van der Waals surface area (Å²) >= 11 is 1.65. The van der Waals surface area contributed by atoms with E-state index in [2.05, 4.69) is 0 Å². The Morgan fingerprint density at radius 3 is 2.82 bits per heavy atom. The average molecular weight is 252 g/mol. The summed E-state index contributed by atoms with van der Waals surface area (Å²) in [6, 6.07) is 4.46. The van der Waals surface area contributed by atoms with Crippen molar-refractivity contribution in [1.82, 2.24) is 4.90 Å². The van der Waals surface area contributed by atoms with Gasteiger partial charge in [-0.2, -0.15) is 0 Å². The monoisotopic (exact) mass is 252 g/mol. The van der Waals surface area contributed by atoms with E-state index < -0.39 is 0 Å². The van der Waals surface area contributed by atoms with Crippen molar-refractivity contribution in [3.8, 4) is 0 Å². The van der Waals surface area contributed by atoms with Crippen LogP contribution in [0.1, 0.15) is 30.6 Å². The normalized spacial score (nSPS) is 16.3. The van der Waals surface area contributed by atoms with Gasteiger partial charge in [-0.15, -0.1) is 11.3 Å². The van der Waals surface area contributed by atoms with Crippen LogP contribution in [-0.2, 0) is 11.2 Å². The Morgan fingerprint density at radius 2 is 2.24 bits per heavy atom. The number of carbonyl (C=O) groups is 1. The fourth-order valence-electron chi connectivity index (χ4n) is 2.53. The molecule has 2 rings (SSSR count). The molecular formula is C13H20N2OS. The SMILES string of the molecule is NCCN(C(=O)Cc1cccs1)C1CCCC1. The number of thiophene rings is 1. The molecule has 0 radical (unpaired) electrons. The number of nitrogens with zero attached hydrogens (tertiary/aromatic N) is 1. The molecule has 0 unspecified atom stereocenters. The molecule has 0 aliphatic heterocycles. The lowest BCUT2D eigenvalue weighted by Gasteiger charge is -2.28. The third kappa shape index (κ3) is 3.30. The minimum absolute atomic E-state index is 0.241. The fraction of sp³-hybridized carbons (Fsp3) is 0.615. The second-order valence-corrected chi connectivity index (χ2v) is 5.60. The van der Waals surface area contributed by atoms with E-state index in [-0.39, 0.29) is 5.91 Å². The minimum Gasteiger partial charge on any atom is -0.338 e. The lowest BCUT2D eigenvalue weighted by atomic mass is 10.2. The van der Waals surface area contributed by atoms with Crippen LogP contribution in [0.3, 0.4) is 0 Å². The molecule has 0 spiro atoms. The van der Waals surface area contributed by atoms with Crippen LogP contribution >= 0.6 is 11.3 Å². The maximum Gasteiger partial charge on any atom is 0.228 e. The zero-order valence-electron chi connectivity index (χ0n) is 10.1. The summed E-state index contributed by atoms with van der Waals surface area (Å²) in [5.41, 5.74) is 5.62. The topological polar surface area (TPSA) is 46.3 Å². The van der Waals surface area contributed by atoms with E-state index in [1.54, 1.807) is 11.3 Å². The van der Waals surface area contributed by atoms with Crippen molar-refractivity contribution in [2.45, 2.75) is 38.1 Å². The maximum atomic E-state index is 12.3. The van der Waals surface area contributed by atoms with Gasteiger partial charge in [0.25, 0.3) is 0 Å². The number of hydrogen-bond donors (Lipinski definition) is 1. The summed E-state index contributed by atoms with van der Waals surface area (Å²) in [6.07, 6.45) is 5.33. The minimum atomic E-state index is 0.241. The van der Waals surface area contributed by atoms with E-state index in [0.717, 1.165) is 17.7 Å². The van der Waals surface area contributed by atoms with Crippen LogP contribution in [0.15, 0.2) is 17.5 Å². The summed E-state index contributed by atoms with van der Waals surface area (Å²) in [5, 5.41) is 2.02. The van der Waals surface area contributed by atoms with Crippen molar-refractivity contribution in [2.24, 2.45) is 5.73 Å². The van der Waals surface area contributed by atoms with Crippen molar-refractivity contribution >= 4 is 17.2 Å². The molecule has 1 aliphatic rings. The number of carbonyl (C=O) groups excluding carboxylic acids is 1. The summed E-state index contributed by atoms with van der Waals surface area (Å²) in [4.78, 5) is 15.4. The van der Waals surface area contributed by atoms with Crippen LogP contribution in [-0.4, -0.2) is 29.9 Å². The summed E-state index contributed by atoms with van der Waals surface area (Å²) in [5.74, 6) is 0.241. The molecule has 1 fully saturated rings. The van der Waals surface area contributed by atoms with Gasteiger partial charge < -0.3 is 10.6 Å². The van der Waals surface area contributed by atoms with Gasteiger partial charge in [-0.1, -0.05) is 18.9 Å². The Hall–Kier alpha value is -0.870. The second-order valence-electron chi connectivity index (χ2n) is 4.57. The summed E-state index contributed by atoms with van der Waals surface area (Å²) in [7, 11) is 0. The molecular weight excluding hydrogens is 232 g/mol. The third-order valence-corrected chi connectivity index (χ3v) is 4.24. The Balaban J connectivity index is 1.97. The molecule has 0 atom stereocenters. The van der Waals surface area contributed by atoms with E-state index in [1.165, 1.54) is 12.8 Å². The number of hydrogen-bond acceptors (Lipinski definition) is 3. The molecule has 0 saturated heterocycles. The fourth-order valence-corrected chi connectivity index (χ4v) is 3.23. The van der Waals surface area contributed by atoms with Crippen LogP contribution in [0.25, 0.3) is 0 Å². The van der Waals surface area contributed by atoms with Crippen molar-refractivity contribution in [2.75, 3.05) is 13.1 Å². The molecule has 2 N–H and O–H groups in total. The Morgan fingerprint density at radius 1 is 1.47 bits per heavy atom. The molecule has 17 heavy (non-hydrogen) atoms. The van der Waals surface area contributed by atoms with E-state index in [9.17, 15) is 4.79 Å². The average Bonchev–Trinajstić information content (AvgIpc) is 2.97. The smallest absolute Gasteiger partial charge is 0.228 e. The summed E-state index contributed by atoms with van der Waals surface area (Å²) < 4.78 is 0. The first-order chi connectivity index (χ1) is 8.31. The Bertz CT molecular complexity index is 344. The van der Waals surface area contributed by atoms with Crippen molar-refractivity contribution in [3.05, 3.63) is 22.4 Å². The van der Waals surface area contributed by atoms with E-state index in [0.29, 0.717) is 25.6 Å². The van der Waals surface area contributed by atoms with Gasteiger partial charge >= 0.3 is 0 Å². The van der Waals surface area contributed by atoms with E-state index >= 15 is 0 Å². The molecule has 94 valence electrons. The predicted octanol–water partition coefficient (Wildman–Crippen LogP) is 2.02. The molecule has 4 heteroatoms. The van der Waals surface area contributed by atoms with Gasteiger partial charge in [0, 0.05) is 24.0 Å². The number of rotatable bonds is 5. The molecule has 1 aliphatic carbocycles. The Labute approximate surface area is 107 Å². The van der Waals surface area contributed by atoms with Crippen molar-refractivity contribution < 1.29 is 4.79 Å². The van der Waals surface area contributed by atoms with Gasteiger partial charge in [-0.3, -0.25) is 4.79 Å². The first kappa shape index (κ1) is 12.6. The van der Waals surface area contributed by atoms with Gasteiger partial charge in [0.15, 0.2) is 0 Å². The molecule has 1 aromatic rings. The lowest BCUT2D eigenvalue weighted by Crippen LogP contribution is -2.42. The molecule has 0 bridgehead atoms. The quantitative estimate of drug-likeness (QED) is 0.871. The highest BCUT2D eigenvalue weighted by Gasteiger charge is 2.25. The third-order valence-electron chi connectivity index (χ3n) is 3.36. The van der Waals surface area contributed by atoms with Gasteiger partial charge in [-0.25, -0.2) is 0 Å². The molecule has 1 amide bonds. The molecule has 0 aromatic carbocycles. The van der Waals surface area contributed by atoms with Crippen molar-refractivity contribution in [1.29, 1.82) is 0 Å². The lowest BCUT2D eigenvalue weighted by molar-refractivity contribution is -0.132. The van der Waals surface area contributed by atoms with Crippen LogP contribution in [0.4, 0.5) is 0 Å². The highest BCUT2D eigenvalue weighted by molar-refractivity contribution is 7.10. The van der Waals surface area contributed by atoms with Gasteiger partial charge in [0.1, 0.15) is 0 Å². The molecule has 1 heterocycles. The van der Waals surface area contributed by atoms with Gasteiger partial charge in [0.2, 0.25) is 5.91 Å². The summed E-state index contributed by atoms with van der Waals surface area (Å²) in [6.45, 7) is 1.27. The number of nitrogens with two attached hydrogens (primary N) is 1. The first-order valence-corrected chi connectivity index (χ1v) is 7.21.